The van der Waals surface area contributed by atoms with Crippen LogP contribution in [-0.4, -0.2) is 19.1 Å². The molecule has 0 atom stereocenters. The number of para-hydroxylation sites is 4. The van der Waals surface area contributed by atoms with Gasteiger partial charge in [0.15, 0.2) is 0 Å². The van der Waals surface area contributed by atoms with Crippen LogP contribution in [0, 0.1) is 0 Å². The first-order chi connectivity index (χ1) is 27.3. The standard InChI is InChI=1S/C50H30N4O/c1-3-13-31(14-4-1)35-25-26-41-47-48(38-19-9-12-22-46(38)55-49(35)47)52-50(51-41)54-43-21-11-8-18-37(43)40-30-33(24-28-45(40)54)32-23-27-44-39(29-32)36-17-7-10-20-42(36)53(44)34-15-5-2-6-16-34/h1-30H. The van der Waals surface area contributed by atoms with Crippen LogP contribution in [0.2, 0.25) is 0 Å². The summed E-state index contributed by atoms with van der Waals surface area (Å²) < 4.78 is 11.2. The average molecular weight is 703 g/mol. The number of ether oxygens (including phenoxy) is 1. The van der Waals surface area contributed by atoms with Gasteiger partial charge in [-0.2, -0.15) is 0 Å². The van der Waals surface area contributed by atoms with Crippen LogP contribution in [0.5, 0.6) is 11.5 Å². The highest BCUT2D eigenvalue weighted by atomic mass is 16.5. The van der Waals surface area contributed by atoms with Crippen LogP contribution in [0.15, 0.2) is 182 Å². The first-order valence-corrected chi connectivity index (χ1v) is 18.6. The molecule has 0 saturated heterocycles. The summed E-state index contributed by atoms with van der Waals surface area (Å²) in [6.07, 6.45) is 0. The molecule has 0 unspecified atom stereocenters. The van der Waals surface area contributed by atoms with Gasteiger partial charge in [-0.05, 0) is 89.5 Å². The summed E-state index contributed by atoms with van der Waals surface area (Å²) in [6.45, 7) is 0. The van der Waals surface area contributed by atoms with Gasteiger partial charge in [-0.15, -0.1) is 0 Å². The topological polar surface area (TPSA) is 44.9 Å². The van der Waals surface area contributed by atoms with E-state index in [1.165, 1.54) is 27.4 Å². The third kappa shape index (κ3) is 4.41. The van der Waals surface area contributed by atoms with Crippen molar-refractivity contribution in [2.24, 2.45) is 0 Å². The Morgan fingerprint density at radius 2 is 0.982 bits per heavy atom. The van der Waals surface area contributed by atoms with E-state index in [1.54, 1.807) is 0 Å². The average Bonchev–Trinajstić information content (AvgIpc) is 3.76. The molecule has 0 radical (unpaired) electrons. The highest BCUT2D eigenvalue weighted by Gasteiger charge is 2.27. The molecule has 11 aromatic rings. The molecule has 0 bridgehead atoms. The first-order valence-electron chi connectivity index (χ1n) is 18.6. The predicted octanol–water partition coefficient (Wildman–Crippen LogP) is 12.9. The number of nitrogens with zero attached hydrogens (tertiary/aromatic N) is 4. The highest BCUT2D eigenvalue weighted by Crippen LogP contribution is 2.49. The zero-order chi connectivity index (χ0) is 36.0. The predicted molar refractivity (Wildman–Crippen MR) is 225 cm³/mol. The van der Waals surface area contributed by atoms with Crippen LogP contribution in [0.25, 0.3) is 99.7 Å². The SMILES string of the molecule is c1ccc(-c2ccc3nc(-n4c5ccccc5c5cc(-c6ccc7c(c6)c6ccccc6n7-c6ccccc6)ccc54)nc4c3c2Oc2ccccc2-4)cc1. The van der Waals surface area contributed by atoms with E-state index in [2.05, 4.69) is 167 Å². The van der Waals surface area contributed by atoms with Gasteiger partial charge in [0.2, 0.25) is 5.95 Å². The van der Waals surface area contributed by atoms with Crippen molar-refractivity contribution < 1.29 is 4.74 Å². The lowest BCUT2D eigenvalue weighted by Gasteiger charge is -2.23. The molecule has 256 valence electrons. The maximum absolute atomic E-state index is 6.65. The summed E-state index contributed by atoms with van der Waals surface area (Å²) in [5, 5.41) is 5.71. The number of hydrogen-bond acceptors (Lipinski definition) is 3. The van der Waals surface area contributed by atoms with E-state index < -0.39 is 0 Å². The molecule has 3 aromatic heterocycles. The van der Waals surface area contributed by atoms with Crippen molar-refractivity contribution in [1.29, 1.82) is 0 Å². The molecule has 5 heteroatoms. The summed E-state index contributed by atoms with van der Waals surface area (Å²) in [4.78, 5) is 10.7. The van der Waals surface area contributed by atoms with Crippen LogP contribution in [0.1, 0.15) is 0 Å². The molecule has 0 spiro atoms. The summed E-state index contributed by atoms with van der Waals surface area (Å²) in [6, 6.07) is 64.2. The molecule has 0 aliphatic carbocycles. The molecule has 4 heterocycles. The Balaban J connectivity index is 1.06. The van der Waals surface area contributed by atoms with Gasteiger partial charge < -0.3 is 9.30 Å². The van der Waals surface area contributed by atoms with Gasteiger partial charge in [0.1, 0.15) is 11.5 Å². The van der Waals surface area contributed by atoms with Crippen molar-refractivity contribution in [2.45, 2.75) is 0 Å². The summed E-state index contributed by atoms with van der Waals surface area (Å²) >= 11 is 0. The lowest BCUT2D eigenvalue weighted by Crippen LogP contribution is -2.07. The van der Waals surface area contributed by atoms with E-state index in [0.29, 0.717) is 5.95 Å². The highest BCUT2D eigenvalue weighted by molar-refractivity contribution is 6.13. The molecule has 0 amide bonds. The van der Waals surface area contributed by atoms with E-state index in [9.17, 15) is 0 Å². The maximum Gasteiger partial charge on any atom is 0.235 e. The van der Waals surface area contributed by atoms with Crippen molar-refractivity contribution >= 4 is 54.5 Å². The second kappa shape index (κ2) is 11.5. The minimum atomic E-state index is 0.631. The lowest BCUT2D eigenvalue weighted by molar-refractivity contribution is 0.488. The molecular formula is C50H30N4O. The number of benzene rings is 8. The van der Waals surface area contributed by atoms with Crippen LogP contribution < -0.4 is 4.74 Å². The summed E-state index contributed by atoms with van der Waals surface area (Å²) in [7, 11) is 0. The zero-order valence-corrected chi connectivity index (χ0v) is 29.5. The van der Waals surface area contributed by atoms with Crippen molar-refractivity contribution in [1.82, 2.24) is 19.1 Å². The first kappa shape index (κ1) is 30.0. The van der Waals surface area contributed by atoms with E-state index >= 15 is 0 Å². The molecule has 12 rings (SSSR count). The molecule has 55 heavy (non-hydrogen) atoms. The van der Waals surface area contributed by atoms with E-state index in [1.807, 2.05) is 24.3 Å². The Morgan fingerprint density at radius 1 is 0.400 bits per heavy atom. The minimum Gasteiger partial charge on any atom is -0.455 e. The van der Waals surface area contributed by atoms with Gasteiger partial charge in [0.05, 0.1) is 38.7 Å². The molecular weight excluding hydrogens is 673 g/mol. The van der Waals surface area contributed by atoms with E-state index in [-0.39, 0.29) is 0 Å². The van der Waals surface area contributed by atoms with Crippen molar-refractivity contribution in [3.05, 3.63) is 182 Å². The Hall–Kier alpha value is -7.50. The van der Waals surface area contributed by atoms with Crippen molar-refractivity contribution in [2.75, 3.05) is 0 Å². The van der Waals surface area contributed by atoms with Crippen LogP contribution in [-0.2, 0) is 0 Å². The molecule has 1 aliphatic rings. The third-order valence-electron chi connectivity index (χ3n) is 11.1. The third-order valence-corrected chi connectivity index (χ3v) is 11.1. The quantitative estimate of drug-likeness (QED) is 0.183. The summed E-state index contributed by atoms with van der Waals surface area (Å²) in [5.74, 6) is 2.21. The number of rotatable bonds is 4. The Kier molecular flexibility index (Phi) is 6.27. The Labute approximate surface area is 316 Å². The maximum atomic E-state index is 6.65. The van der Waals surface area contributed by atoms with Crippen LogP contribution in [0.4, 0.5) is 0 Å². The van der Waals surface area contributed by atoms with Crippen molar-refractivity contribution in [3.8, 4) is 56.6 Å². The van der Waals surface area contributed by atoms with Crippen LogP contribution >= 0.6 is 0 Å². The number of hydrogen-bond donors (Lipinski definition) is 0. The van der Waals surface area contributed by atoms with Gasteiger partial charge in [0.25, 0.3) is 0 Å². The number of fused-ring (bicyclic) bond motifs is 8. The Bertz CT molecular complexity index is 3340. The Morgan fingerprint density at radius 3 is 1.71 bits per heavy atom. The monoisotopic (exact) mass is 702 g/mol. The van der Waals surface area contributed by atoms with Crippen LogP contribution in [0.3, 0.4) is 0 Å². The second-order valence-corrected chi connectivity index (χ2v) is 14.2. The second-order valence-electron chi connectivity index (χ2n) is 14.2. The van der Waals surface area contributed by atoms with Gasteiger partial charge in [0, 0.05) is 38.4 Å². The fourth-order valence-corrected chi connectivity index (χ4v) is 8.67. The molecule has 1 aliphatic heterocycles. The van der Waals surface area contributed by atoms with E-state index in [4.69, 9.17) is 14.7 Å². The molecule has 8 aromatic carbocycles. The number of aromatic nitrogens is 4. The molecule has 5 nitrogen and oxygen atoms in total. The fourth-order valence-electron chi connectivity index (χ4n) is 8.67. The van der Waals surface area contributed by atoms with Gasteiger partial charge >= 0.3 is 0 Å². The normalized spacial score (nSPS) is 12.1. The molecule has 0 saturated carbocycles. The van der Waals surface area contributed by atoms with Crippen molar-refractivity contribution in [3.63, 3.8) is 0 Å². The van der Waals surface area contributed by atoms with Gasteiger partial charge in [-0.3, -0.25) is 4.57 Å². The van der Waals surface area contributed by atoms with Gasteiger partial charge in [-0.1, -0.05) is 109 Å². The van der Waals surface area contributed by atoms with E-state index in [0.717, 1.165) is 77.8 Å². The molecule has 0 N–H and O–H groups in total. The minimum absolute atomic E-state index is 0.631. The largest absolute Gasteiger partial charge is 0.455 e. The lowest BCUT2D eigenvalue weighted by atomic mass is 9.96. The zero-order valence-electron chi connectivity index (χ0n) is 29.5. The summed E-state index contributed by atoms with van der Waals surface area (Å²) in [5.41, 5.74) is 12.8. The fraction of sp³-hybridized carbons (Fsp3) is 0. The smallest absolute Gasteiger partial charge is 0.235 e. The molecule has 0 fully saturated rings. The van der Waals surface area contributed by atoms with Gasteiger partial charge in [-0.25, -0.2) is 9.97 Å².